The fourth-order valence-electron chi connectivity index (χ4n) is 4.01. The lowest BCUT2D eigenvalue weighted by Gasteiger charge is -2.15. The Morgan fingerprint density at radius 1 is 1.33 bits per heavy atom. The van der Waals surface area contributed by atoms with Crippen molar-refractivity contribution in [3.8, 4) is 0 Å². The van der Waals surface area contributed by atoms with Gasteiger partial charge in [-0.2, -0.15) is 10.1 Å². The predicted octanol–water partition coefficient (Wildman–Crippen LogP) is 2.68. The second-order valence-corrected chi connectivity index (χ2v) is 8.50. The highest BCUT2D eigenvalue weighted by Gasteiger charge is 2.23. The van der Waals surface area contributed by atoms with Crippen LogP contribution in [0.4, 0.5) is 17.5 Å². The van der Waals surface area contributed by atoms with Gasteiger partial charge in [-0.15, -0.1) is 0 Å². The molecule has 1 amide bonds. The molecule has 0 aromatic carbocycles. The largest absolute Gasteiger partial charge is 0.369 e. The molecule has 30 heavy (non-hydrogen) atoms. The number of hydrogen-bond donors (Lipinski definition) is 2. The number of nitrogens with one attached hydrogen (secondary N) is 2. The van der Waals surface area contributed by atoms with Crippen LogP contribution in [-0.4, -0.2) is 75.2 Å². The number of rotatable bonds is 8. The summed E-state index contributed by atoms with van der Waals surface area (Å²) in [4.78, 5) is 24.7. The molecule has 2 aromatic rings. The van der Waals surface area contributed by atoms with E-state index < -0.39 is 0 Å². The van der Waals surface area contributed by atoms with Gasteiger partial charge in [0.25, 0.3) is 0 Å². The Hall–Kier alpha value is -2.39. The van der Waals surface area contributed by atoms with E-state index in [1.165, 1.54) is 0 Å². The van der Waals surface area contributed by atoms with Gasteiger partial charge in [-0.05, 0) is 39.8 Å². The fourth-order valence-corrected chi connectivity index (χ4v) is 4.17. The number of carbonyl (C=O) groups is 1. The molecule has 0 saturated carbocycles. The quantitative estimate of drug-likeness (QED) is 0.619. The van der Waals surface area contributed by atoms with Crippen LogP contribution < -0.4 is 10.6 Å². The van der Waals surface area contributed by atoms with Gasteiger partial charge in [-0.1, -0.05) is 11.6 Å². The van der Waals surface area contributed by atoms with Crippen molar-refractivity contribution < 1.29 is 4.79 Å². The summed E-state index contributed by atoms with van der Waals surface area (Å²) in [5.74, 6) is 1.31. The monoisotopic (exact) mass is 432 g/mol. The first-order chi connectivity index (χ1) is 14.5. The Balaban J connectivity index is 1.35. The first-order valence-electron chi connectivity index (χ1n) is 10.5. The van der Waals surface area contributed by atoms with Gasteiger partial charge in [0, 0.05) is 38.8 Å². The van der Waals surface area contributed by atoms with E-state index in [0.717, 1.165) is 56.8 Å². The van der Waals surface area contributed by atoms with Crippen LogP contribution in [0.1, 0.15) is 37.4 Å². The maximum atomic E-state index is 11.7. The fraction of sp³-hybridized carbons (Fsp3) is 0.600. The summed E-state index contributed by atoms with van der Waals surface area (Å²) in [5.41, 5.74) is 1.80. The number of hydrogen-bond acceptors (Lipinski definition) is 7. The van der Waals surface area contributed by atoms with Gasteiger partial charge in [0.1, 0.15) is 10.8 Å². The van der Waals surface area contributed by atoms with Gasteiger partial charge in [0.2, 0.25) is 11.9 Å². The molecule has 0 bridgehead atoms. The van der Waals surface area contributed by atoms with E-state index in [-0.39, 0.29) is 5.91 Å². The SMILES string of the molecule is Cc1nn(C2CCN(C)C2)cc1Nc1ncc(Cl)c(NCCCN2CCCC2=O)n1. The summed E-state index contributed by atoms with van der Waals surface area (Å²) in [6.07, 6.45) is 7.20. The van der Waals surface area contributed by atoms with E-state index in [9.17, 15) is 4.79 Å². The van der Waals surface area contributed by atoms with Gasteiger partial charge >= 0.3 is 0 Å². The summed E-state index contributed by atoms with van der Waals surface area (Å²) in [6.45, 7) is 6.39. The minimum absolute atomic E-state index is 0.252. The number of nitrogens with zero attached hydrogens (tertiary/aromatic N) is 6. The van der Waals surface area contributed by atoms with Crippen molar-refractivity contribution in [3.05, 3.63) is 23.1 Å². The third-order valence-corrected chi connectivity index (χ3v) is 5.99. The average Bonchev–Trinajstić information content (AvgIpc) is 3.42. The topological polar surface area (TPSA) is 91.2 Å². The second kappa shape index (κ2) is 9.18. The average molecular weight is 433 g/mol. The van der Waals surface area contributed by atoms with Crippen molar-refractivity contribution in [1.29, 1.82) is 0 Å². The molecule has 4 rings (SSSR count). The number of amides is 1. The zero-order valence-electron chi connectivity index (χ0n) is 17.6. The molecule has 2 aromatic heterocycles. The Morgan fingerprint density at radius 2 is 2.20 bits per heavy atom. The minimum atomic E-state index is 0.252. The van der Waals surface area contributed by atoms with E-state index in [2.05, 4.69) is 37.6 Å². The molecule has 10 heteroatoms. The van der Waals surface area contributed by atoms with Gasteiger partial charge in [-0.3, -0.25) is 9.48 Å². The molecule has 9 nitrogen and oxygen atoms in total. The molecule has 1 atom stereocenters. The molecular formula is C20H29ClN8O. The van der Waals surface area contributed by atoms with Crippen LogP contribution in [0.15, 0.2) is 12.4 Å². The first-order valence-corrected chi connectivity index (χ1v) is 10.9. The number of likely N-dealkylation sites (N-methyl/N-ethyl adjacent to an activating group) is 1. The standard InChI is InChI=1S/C20H29ClN8O/c1-14-17(13-29(26-14)15-6-10-27(2)12-15)24-20-23-11-16(21)19(25-20)22-7-4-9-28-8-3-5-18(28)30/h11,13,15H,3-10,12H2,1-2H3,(H2,22,23,24,25). The maximum Gasteiger partial charge on any atom is 0.229 e. The molecule has 2 fully saturated rings. The number of aromatic nitrogens is 4. The first kappa shape index (κ1) is 20.9. The number of anilines is 3. The Morgan fingerprint density at radius 3 is 2.93 bits per heavy atom. The van der Waals surface area contributed by atoms with Crippen LogP contribution in [0.25, 0.3) is 0 Å². The van der Waals surface area contributed by atoms with Crippen molar-refractivity contribution in [2.45, 2.75) is 38.6 Å². The zero-order valence-corrected chi connectivity index (χ0v) is 18.3. The lowest BCUT2D eigenvalue weighted by molar-refractivity contribution is -0.127. The highest BCUT2D eigenvalue weighted by Crippen LogP contribution is 2.26. The maximum absolute atomic E-state index is 11.7. The predicted molar refractivity (Wildman–Crippen MR) is 117 cm³/mol. The number of likely N-dealkylation sites (tertiary alicyclic amines) is 2. The molecule has 162 valence electrons. The third kappa shape index (κ3) is 4.84. The van der Waals surface area contributed by atoms with Gasteiger partial charge < -0.3 is 20.4 Å². The lowest BCUT2D eigenvalue weighted by Crippen LogP contribution is -2.27. The molecule has 0 radical (unpaired) electrons. The summed E-state index contributed by atoms with van der Waals surface area (Å²) in [5, 5.41) is 11.7. The molecule has 2 aliphatic rings. The van der Waals surface area contributed by atoms with Crippen LogP contribution in [0.2, 0.25) is 5.02 Å². The number of halogens is 1. The smallest absolute Gasteiger partial charge is 0.229 e. The van der Waals surface area contributed by atoms with E-state index >= 15 is 0 Å². The normalized spacial score (nSPS) is 19.6. The Kier molecular flexibility index (Phi) is 6.38. The molecule has 2 saturated heterocycles. The van der Waals surface area contributed by atoms with Crippen LogP contribution in [0.5, 0.6) is 0 Å². The summed E-state index contributed by atoms with van der Waals surface area (Å²) >= 11 is 6.26. The number of carbonyl (C=O) groups excluding carboxylic acids is 1. The molecule has 0 spiro atoms. The molecule has 0 aliphatic carbocycles. The summed E-state index contributed by atoms with van der Waals surface area (Å²) in [6, 6.07) is 0.398. The van der Waals surface area contributed by atoms with Crippen molar-refractivity contribution in [3.63, 3.8) is 0 Å². The van der Waals surface area contributed by atoms with Crippen LogP contribution in [-0.2, 0) is 4.79 Å². The molecule has 2 N–H and O–H groups in total. The summed E-state index contributed by atoms with van der Waals surface area (Å²) < 4.78 is 2.04. The lowest BCUT2D eigenvalue weighted by atomic mass is 10.3. The minimum Gasteiger partial charge on any atom is -0.369 e. The molecule has 2 aliphatic heterocycles. The van der Waals surface area contributed by atoms with Gasteiger partial charge in [-0.25, -0.2) is 4.98 Å². The van der Waals surface area contributed by atoms with E-state index in [1.807, 2.05) is 22.7 Å². The van der Waals surface area contributed by atoms with Gasteiger partial charge in [0.15, 0.2) is 0 Å². The zero-order chi connectivity index (χ0) is 21.1. The highest BCUT2D eigenvalue weighted by molar-refractivity contribution is 6.32. The van der Waals surface area contributed by atoms with E-state index in [1.54, 1.807) is 6.20 Å². The van der Waals surface area contributed by atoms with Crippen LogP contribution in [0.3, 0.4) is 0 Å². The summed E-state index contributed by atoms with van der Waals surface area (Å²) in [7, 11) is 2.13. The highest BCUT2D eigenvalue weighted by atomic mass is 35.5. The van der Waals surface area contributed by atoms with Crippen molar-refractivity contribution in [2.75, 3.05) is 50.4 Å². The molecule has 1 unspecified atom stereocenters. The Bertz CT molecular complexity index is 901. The van der Waals surface area contributed by atoms with Crippen molar-refractivity contribution in [1.82, 2.24) is 29.5 Å². The van der Waals surface area contributed by atoms with E-state index in [0.29, 0.717) is 35.8 Å². The number of aryl methyl sites for hydroxylation is 1. The van der Waals surface area contributed by atoms with Gasteiger partial charge in [0.05, 0.1) is 23.6 Å². The van der Waals surface area contributed by atoms with Crippen LogP contribution in [0, 0.1) is 6.92 Å². The molecular weight excluding hydrogens is 404 g/mol. The Labute approximate surface area is 181 Å². The van der Waals surface area contributed by atoms with Crippen molar-refractivity contribution >= 4 is 35.0 Å². The van der Waals surface area contributed by atoms with Crippen molar-refractivity contribution in [2.24, 2.45) is 0 Å². The molecule has 4 heterocycles. The second-order valence-electron chi connectivity index (χ2n) is 8.09. The van der Waals surface area contributed by atoms with Crippen LogP contribution >= 0.6 is 11.6 Å². The van der Waals surface area contributed by atoms with E-state index in [4.69, 9.17) is 11.6 Å². The third-order valence-electron chi connectivity index (χ3n) is 5.72.